The molecule has 0 saturated heterocycles. The fraction of sp³-hybridized carbons (Fsp3) is 0.400. The summed E-state index contributed by atoms with van der Waals surface area (Å²) in [4.78, 5) is -0.556. The Morgan fingerprint density at radius 2 is 2.12 bits per heavy atom. The van der Waals surface area contributed by atoms with E-state index in [2.05, 4.69) is 4.72 Å². The van der Waals surface area contributed by atoms with Crippen LogP contribution in [0.1, 0.15) is 12.8 Å². The number of aliphatic hydroxyl groups is 1. The lowest BCUT2D eigenvalue weighted by molar-refractivity contribution is 0.246. The third kappa shape index (κ3) is 2.26. The molecular weight excluding hydrogens is 247 g/mol. The lowest BCUT2D eigenvalue weighted by Crippen LogP contribution is -2.40. The van der Waals surface area contributed by atoms with Crippen LogP contribution in [0.5, 0.6) is 0 Å². The third-order valence-electron chi connectivity index (χ3n) is 2.77. The molecule has 1 aromatic rings. The molecule has 1 saturated carbocycles. The standard InChI is InChI=1S/C10H13FN2O3S/c11-7-2-1-3-8(12)9(7)17(15,16)13-10(6-14)4-5-10/h1-3,13-14H,4-6,12H2. The molecule has 4 N–H and O–H groups in total. The molecule has 0 atom stereocenters. The summed E-state index contributed by atoms with van der Waals surface area (Å²) < 4.78 is 39.7. The van der Waals surface area contributed by atoms with Gasteiger partial charge >= 0.3 is 0 Å². The number of nitrogens with one attached hydrogen (secondary N) is 1. The van der Waals surface area contributed by atoms with Crippen LogP contribution in [0, 0.1) is 5.82 Å². The summed E-state index contributed by atoms with van der Waals surface area (Å²) in [6.07, 6.45) is 1.08. The Hall–Kier alpha value is -1.18. The van der Waals surface area contributed by atoms with E-state index in [1.807, 2.05) is 0 Å². The van der Waals surface area contributed by atoms with Gasteiger partial charge in [0.05, 0.1) is 17.8 Å². The van der Waals surface area contributed by atoms with Crippen LogP contribution in [0.4, 0.5) is 10.1 Å². The molecule has 1 aliphatic rings. The summed E-state index contributed by atoms with van der Waals surface area (Å²) >= 11 is 0. The van der Waals surface area contributed by atoms with Crippen LogP contribution >= 0.6 is 0 Å². The number of aliphatic hydroxyl groups excluding tert-OH is 1. The number of halogens is 1. The topological polar surface area (TPSA) is 92.4 Å². The highest BCUT2D eigenvalue weighted by Crippen LogP contribution is 2.37. The van der Waals surface area contributed by atoms with E-state index in [1.54, 1.807) is 0 Å². The first-order valence-corrected chi connectivity index (χ1v) is 6.57. The van der Waals surface area contributed by atoms with Gasteiger partial charge in [-0.15, -0.1) is 0 Å². The molecule has 0 aliphatic heterocycles. The average Bonchev–Trinajstić information content (AvgIpc) is 2.97. The van der Waals surface area contributed by atoms with Crippen LogP contribution in [0.2, 0.25) is 0 Å². The maximum atomic E-state index is 13.5. The van der Waals surface area contributed by atoms with Crippen molar-refractivity contribution in [3.63, 3.8) is 0 Å². The van der Waals surface area contributed by atoms with Crippen LogP contribution in [-0.2, 0) is 10.0 Å². The molecule has 7 heteroatoms. The molecule has 2 rings (SSSR count). The zero-order valence-electron chi connectivity index (χ0n) is 8.98. The summed E-state index contributed by atoms with van der Waals surface area (Å²) in [7, 11) is -4.04. The summed E-state index contributed by atoms with van der Waals surface area (Å²) in [6, 6.07) is 3.68. The first kappa shape index (κ1) is 12.3. The molecule has 0 unspecified atom stereocenters. The molecule has 0 spiro atoms. The van der Waals surface area contributed by atoms with Crippen molar-refractivity contribution in [2.24, 2.45) is 0 Å². The van der Waals surface area contributed by atoms with Gasteiger partial charge in [-0.3, -0.25) is 0 Å². The Morgan fingerprint density at radius 3 is 2.59 bits per heavy atom. The van der Waals surface area contributed by atoms with Crippen LogP contribution in [-0.4, -0.2) is 25.7 Å². The van der Waals surface area contributed by atoms with E-state index in [0.29, 0.717) is 12.8 Å². The van der Waals surface area contributed by atoms with Gasteiger partial charge in [0.25, 0.3) is 0 Å². The molecular formula is C10H13FN2O3S. The van der Waals surface area contributed by atoms with Crippen LogP contribution in [0.3, 0.4) is 0 Å². The molecule has 0 aromatic heterocycles. The van der Waals surface area contributed by atoms with Crippen molar-refractivity contribution >= 4 is 15.7 Å². The highest BCUT2D eigenvalue weighted by molar-refractivity contribution is 7.89. The predicted molar refractivity (Wildman–Crippen MR) is 60.2 cm³/mol. The summed E-state index contributed by atoms with van der Waals surface area (Å²) in [5, 5.41) is 9.05. The fourth-order valence-corrected chi connectivity index (χ4v) is 3.23. The van der Waals surface area contributed by atoms with E-state index in [0.717, 1.165) is 6.07 Å². The van der Waals surface area contributed by atoms with Gasteiger partial charge in [0.15, 0.2) is 0 Å². The SMILES string of the molecule is Nc1cccc(F)c1S(=O)(=O)NC1(CO)CC1. The first-order chi connectivity index (χ1) is 7.90. The largest absolute Gasteiger partial charge is 0.398 e. The van der Waals surface area contributed by atoms with Crippen LogP contribution < -0.4 is 10.5 Å². The van der Waals surface area contributed by atoms with Gasteiger partial charge in [-0.25, -0.2) is 17.5 Å². The molecule has 1 fully saturated rings. The highest BCUT2D eigenvalue weighted by Gasteiger charge is 2.46. The van der Waals surface area contributed by atoms with Crippen LogP contribution in [0.25, 0.3) is 0 Å². The van der Waals surface area contributed by atoms with Crippen LogP contribution in [0.15, 0.2) is 23.1 Å². The van der Waals surface area contributed by atoms with E-state index in [4.69, 9.17) is 10.8 Å². The fourth-order valence-electron chi connectivity index (χ4n) is 1.59. The third-order valence-corrected chi connectivity index (χ3v) is 4.44. The minimum absolute atomic E-state index is 0.147. The second-order valence-electron chi connectivity index (χ2n) is 4.20. The molecule has 0 bridgehead atoms. The van der Waals surface area contributed by atoms with Crippen molar-refractivity contribution in [3.8, 4) is 0 Å². The van der Waals surface area contributed by atoms with Gasteiger partial charge in [-0.05, 0) is 25.0 Å². The first-order valence-electron chi connectivity index (χ1n) is 5.09. The summed E-state index contributed by atoms with van der Waals surface area (Å²) in [5.41, 5.74) is 4.48. The minimum atomic E-state index is -4.04. The van der Waals surface area contributed by atoms with Gasteiger partial charge in [-0.1, -0.05) is 6.07 Å². The van der Waals surface area contributed by atoms with Gasteiger partial charge in [0, 0.05) is 0 Å². The Balaban J connectivity index is 2.39. The van der Waals surface area contributed by atoms with Crippen molar-refractivity contribution in [1.29, 1.82) is 0 Å². The highest BCUT2D eigenvalue weighted by atomic mass is 32.2. The molecule has 94 valence electrons. The normalized spacial score (nSPS) is 18.0. The number of hydrogen-bond donors (Lipinski definition) is 3. The molecule has 0 heterocycles. The number of nitrogens with two attached hydrogens (primary N) is 1. The van der Waals surface area contributed by atoms with Gasteiger partial charge in [0.1, 0.15) is 10.7 Å². The number of hydrogen-bond acceptors (Lipinski definition) is 4. The maximum absolute atomic E-state index is 13.5. The quantitative estimate of drug-likeness (QED) is 0.675. The van der Waals surface area contributed by atoms with Crippen molar-refractivity contribution in [2.75, 3.05) is 12.3 Å². The zero-order chi connectivity index (χ0) is 12.7. The van der Waals surface area contributed by atoms with E-state index < -0.39 is 26.3 Å². The monoisotopic (exact) mass is 260 g/mol. The lowest BCUT2D eigenvalue weighted by Gasteiger charge is -2.16. The number of rotatable bonds is 4. The Bertz CT molecular complexity index is 520. The summed E-state index contributed by atoms with van der Waals surface area (Å²) in [6.45, 7) is -0.305. The Labute approximate surface area is 98.5 Å². The number of sulfonamides is 1. The van der Waals surface area contributed by atoms with Crippen molar-refractivity contribution in [2.45, 2.75) is 23.3 Å². The number of benzene rings is 1. The van der Waals surface area contributed by atoms with Gasteiger partial charge in [-0.2, -0.15) is 0 Å². The number of anilines is 1. The van der Waals surface area contributed by atoms with Crippen molar-refractivity contribution in [1.82, 2.24) is 4.72 Å². The van der Waals surface area contributed by atoms with Crippen molar-refractivity contribution in [3.05, 3.63) is 24.0 Å². The van der Waals surface area contributed by atoms with Gasteiger partial charge in [0.2, 0.25) is 10.0 Å². The molecule has 1 aliphatic carbocycles. The van der Waals surface area contributed by atoms with Crippen molar-refractivity contribution < 1.29 is 17.9 Å². The molecule has 5 nitrogen and oxygen atoms in total. The smallest absolute Gasteiger partial charge is 0.246 e. The Kier molecular flexibility index (Phi) is 2.84. The maximum Gasteiger partial charge on any atom is 0.246 e. The number of nitrogen functional groups attached to an aromatic ring is 1. The van der Waals surface area contributed by atoms with E-state index in [9.17, 15) is 12.8 Å². The van der Waals surface area contributed by atoms with E-state index >= 15 is 0 Å². The van der Waals surface area contributed by atoms with E-state index in [-0.39, 0.29) is 12.3 Å². The predicted octanol–water partition coefficient (Wildman–Crippen LogP) is 0.211. The molecule has 0 amide bonds. The minimum Gasteiger partial charge on any atom is -0.398 e. The molecule has 17 heavy (non-hydrogen) atoms. The lowest BCUT2D eigenvalue weighted by atomic mass is 10.3. The summed E-state index contributed by atoms with van der Waals surface area (Å²) in [5.74, 6) is -0.897. The molecule has 1 aromatic carbocycles. The Morgan fingerprint density at radius 1 is 1.47 bits per heavy atom. The molecule has 0 radical (unpaired) electrons. The zero-order valence-corrected chi connectivity index (χ0v) is 9.80. The second-order valence-corrected chi connectivity index (χ2v) is 5.82. The van der Waals surface area contributed by atoms with E-state index in [1.165, 1.54) is 12.1 Å². The van der Waals surface area contributed by atoms with Gasteiger partial charge < -0.3 is 10.8 Å². The average molecular weight is 260 g/mol. The second kappa shape index (κ2) is 3.94.